The van der Waals surface area contributed by atoms with Crippen LogP contribution in [0.15, 0.2) is 30.4 Å². The topological polar surface area (TPSA) is 35.2 Å². The SMILES string of the molecule is C=C(C)COc1c(F)cccc1CN. The van der Waals surface area contributed by atoms with E-state index in [0.717, 1.165) is 5.57 Å². The van der Waals surface area contributed by atoms with E-state index in [1.807, 2.05) is 6.92 Å². The van der Waals surface area contributed by atoms with E-state index >= 15 is 0 Å². The Balaban J connectivity index is 2.87. The fourth-order valence-corrected chi connectivity index (χ4v) is 1.07. The standard InChI is InChI=1S/C11H14FNO/c1-8(2)7-14-11-9(6-13)4-3-5-10(11)12/h3-5H,1,6-7,13H2,2H3. The lowest BCUT2D eigenvalue weighted by Gasteiger charge is -2.10. The van der Waals surface area contributed by atoms with Crippen LogP contribution in [0.4, 0.5) is 4.39 Å². The number of halogens is 1. The minimum Gasteiger partial charge on any atom is -0.486 e. The summed E-state index contributed by atoms with van der Waals surface area (Å²) in [7, 11) is 0. The molecule has 0 saturated carbocycles. The predicted octanol–water partition coefficient (Wildman–Crippen LogP) is 2.24. The van der Waals surface area contributed by atoms with Crippen molar-refractivity contribution in [1.29, 1.82) is 0 Å². The van der Waals surface area contributed by atoms with Crippen molar-refractivity contribution in [2.75, 3.05) is 6.61 Å². The highest BCUT2D eigenvalue weighted by atomic mass is 19.1. The fourth-order valence-electron chi connectivity index (χ4n) is 1.07. The molecule has 0 amide bonds. The Hall–Kier alpha value is -1.35. The summed E-state index contributed by atoms with van der Waals surface area (Å²) in [4.78, 5) is 0. The maximum Gasteiger partial charge on any atom is 0.165 e. The molecule has 0 spiro atoms. The van der Waals surface area contributed by atoms with Gasteiger partial charge in [0.05, 0.1) is 0 Å². The normalized spacial score (nSPS) is 9.93. The Morgan fingerprint density at radius 3 is 2.86 bits per heavy atom. The van der Waals surface area contributed by atoms with Gasteiger partial charge in [0.2, 0.25) is 0 Å². The van der Waals surface area contributed by atoms with E-state index in [2.05, 4.69) is 6.58 Å². The lowest BCUT2D eigenvalue weighted by molar-refractivity contribution is 0.329. The van der Waals surface area contributed by atoms with Gasteiger partial charge in [-0.1, -0.05) is 18.7 Å². The molecule has 0 aliphatic heterocycles. The van der Waals surface area contributed by atoms with Crippen LogP contribution in [-0.2, 0) is 6.54 Å². The maximum atomic E-state index is 13.3. The molecule has 0 radical (unpaired) electrons. The van der Waals surface area contributed by atoms with Gasteiger partial charge < -0.3 is 10.5 Å². The number of ether oxygens (including phenoxy) is 1. The summed E-state index contributed by atoms with van der Waals surface area (Å²) in [5, 5.41) is 0. The second-order valence-corrected chi connectivity index (χ2v) is 3.18. The van der Waals surface area contributed by atoms with Gasteiger partial charge in [0, 0.05) is 12.1 Å². The second kappa shape index (κ2) is 4.77. The molecule has 3 heteroatoms. The molecule has 1 aromatic carbocycles. The van der Waals surface area contributed by atoms with Crippen molar-refractivity contribution in [3.63, 3.8) is 0 Å². The Bertz CT molecular complexity index is 336. The first-order valence-electron chi connectivity index (χ1n) is 4.39. The zero-order chi connectivity index (χ0) is 10.6. The van der Waals surface area contributed by atoms with Crippen molar-refractivity contribution in [1.82, 2.24) is 0 Å². The van der Waals surface area contributed by atoms with Crippen molar-refractivity contribution in [2.24, 2.45) is 5.73 Å². The third-order valence-electron chi connectivity index (χ3n) is 1.73. The smallest absolute Gasteiger partial charge is 0.165 e. The molecule has 0 atom stereocenters. The largest absolute Gasteiger partial charge is 0.486 e. The molecule has 0 aliphatic carbocycles. The molecule has 0 fully saturated rings. The van der Waals surface area contributed by atoms with Gasteiger partial charge in [0.1, 0.15) is 6.61 Å². The summed E-state index contributed by atoms with van der Waals surface area (Å²) in [5.74, 6) is -0.146. The minimum atomic E-state index is -0.380. The van der Waals surface area contributed by atoms with Crippen molar-refractivity contribution in [3.8, 4) is 5.75 Å². The zero-order valence-corrected chi connectivity index (χ0v) is 8.22. The van der Waals surface area contributed by atoms with Crippen LogP contribution < -0.4 is 10.5 Å². The number of hydrogen-bond acceptors (Lipinski definition) is 2. The van der Waals surface area contributed by atoms with Crippen molar-refractivity contribution >= 4 is 0 Å². The van der Waals surface area contributed by atoms with Crippen LogP contribution in [0.2, 0.25) is 0 Å². The molecule has 0 heterocycles. The summed E-state index contributed by atoms with van der Waals surface area (Å²) in [5.41, 5.74) is 6.97. The highest BCUT2D eigenvalue weighted by Crippen LogP contribution is 2.22. The van der Waals surface area contributed by atoms with Gasteiger partial charge in [0.15, 0.2) is 11.6 Å². The molecular formula is C11H14FNO. The highest BCUT2D eigenvalue weighted by molar-refractivity contribution is 5.35. The van der Waals surface area contributed by atoms with Crippen LogP contribution in [0.25, 0.3) is 0 Å². The van der Waals surface area contributed by atoms with E-state index in [0.29, 0.717) is 12.2 Å². The van der Waals surface area contributed by atoms with Crippen LogP contribution in [0.3, 0.4) is 0 Å². The molecule has 0 saturated heterocycles. The summed E-state index contributed by atoms with van der Waals surface area (Å²) >= 11 is 0. The first-order chi connectivity index (χ1) is 6.65. The molecule has 0 aromatic heterocycles. The molecule has 2 N–H and O–H groups in total. The summed E-state index contributed by atoms with van der Waals surface area (Å²) in [6.45, 7) is 6.08. The molecule has 0 unspecified atom stereocenters. The number of nitrogens with two attached hydrogens (primary N) is 1. The Kier molecular flexibility index (Phi) is 3.65. The minimum absolute atomic E-state index is 0.234. The monoisotopic (exact) mass is 195 g/mol. The Labute approximate surface area is 83.2 Å². The predicted molar refractivity (Wildman–Crippen MR) is 54.6 cm³/mol. The van der Waals surface area contributed by atoms with Crippen molar-refractivity contribution in [3.05, 3.63) is 41.7 Å². The van der Waals surface area contributed by atoms with Gasteiger partial charge in [-0.2, -0.15) is 0 Å². The van der Waals surface area contributed by atoms with Crippen molar-refractivity contribution < 1.29 is 9.13 Å². The maximum absolute atomic E-state index is 13.3. The molecule has 1 aromatic rings. The van der Waals surface area contributed by atoms with E-state index in [4.69, 9.17) is 10.5 Å². The van der Waals surface area contributed by atoms with Gasteiger partial charge in [-0.05, 0) is 18.6 Å². The second-order valence-electron chi connectivity index (χ2n) is 3.18. The number of benzene rings is 1. The van der Waals surface area contributed by atoms with E-state index < -0.39 is 0 Å². The summed E-state index contributed by atoms with van der Waals surface area (Å²) < 4.78 is 18.5. The first kappa shape index (κ1) is 10.7. The third kappa shape index (κ3) is 2.57. The molecular weight excluding hydrogens is 181 g/mol. The fraction of sp³-hybridized carbons (Fsp3) is 0.273. The van der Waals surface area contributed by atoms with Gasteiger partial charge in [0.25, 0.3) is 0 Å². The van der Waals surface area contributed by atoms with E-state index in [9.17, 15) is 4.39 Å². The van der Waals surface area contributed by atoms with Crippen LogP contribution in [-0.4, -0.2) is 6.61 Å². The Morgan fingerprint density at radius 2 is 2.29 bits per heavy atom. The van der Waals surface area contributed by atoms with Gasteiger partial charge in [-0.25, -0.2) is 4.39 Å². The first-order valence-corrected chi connectivity index (χ1v) is 4.39. The highest BCUT2D eigenvalue weighted by Gasteiger charge is 2.07. The van der Waals surface area contributed by atoms with E-state index in [-0.39, 0.29) is 18.1 Å². The van der Waals surface area contributed by atoms with E-state index in [1.54, 1.807) is 12.1 Å². The Morgan fingerprint density at radius 1 is 1.57 bits per heavy atom. The number of para-hydroxylation sites is 1. The molecule has 0 bridgehead atoms. The molecule has 1 rings (SSSR count). The van der Waals surface area contributed by atoms with Gasteiger partial charge in [-0.3, -0.25) is 0 Å². The van der Waals surface area contributed by atoms with Gasteiger partial charge in [-0.15, -0.1) is 0 Å². The average molecular weight is 195 g/mol. The van der Waals surface area contributed by atoms with Crippen LogP contribution in [0.1, 0.15) is 12.5 Å². The van der Waals surface area contributed by atoms with Crippen molar-refractivity contribution in [2.45, 2.75) is 13.5 Å². The number of rotatable bonds is 4. The quantitative estimate of drug-likeness (QED) is 0.748. The summed E-state index contributed by atoms with van der Waals surface area (Å²) in [6.07, 6.45) is 0. The van der Waals surface area contributed by atoms with Crippen LogP contribution >= 0.6 is 0 Å². The van der Waals surface area contributed by atoms with Crippen LogP contribution in [0.5, 0.6) is 5.75 Å². The molecule has 76 valence electrons. The zero-order valence-electron chi connectivity index (χ0n) is 8.22. The number of hydrogen-bond donors (Lipinski definition) is 1. The lowest BCUT2D eigenvalue weighted by atomic mass is 10.2. The molecule has 0 aliphatic rings. The average Bonchev–Trinajstić information content (AvgIpc) is 2.15. The third-order valence-corrected chi connectivity index (χ3v) is 1.73. The van der Waals surface area contributed by atoms with Crippen LogP contribution in [0, 0.1) is 5.82 Å². The van der Waals surface area contributed by atoms with E-state index in [1.165, 1.54) is 6.07 Å². The molecule has 2 nitrogen and oxygen atoms in total. The van der Waals surface area contributed by atoms with Gasteiger partial charge >= 0.3 is 0 Å². The lowest BCUT2D eigenvalue weighted by Crippen LogP contribution is -2.05. The summed E-state index contributed by atoms with van der Waals surface area (Å²) in [6, 6.07) is 4.72. The molecule has 14 heavy (non-hydrogen) atoms.